The molecule has 10 rings (SSSR count). The highest BCUT2D eigenvalue weighted by molar-refractivity contribution is 7.26. The van der Waals surface area contributed by atoms with E-state index in [1.807, 2.05) is 17.4 Å². The summed E-state index contributed by atoms with van der Waals surface area (Å²) in [5, 5.41) is 4.79. The van der Waals surface area contributed by atoms with Crippen LogP contribution in [0.2, 0.25) is 0 Å². The lowest BCUT2D eigenvalue weighted by molar-refractivity contribution is 0.669. The van der Waals surface area contributed by atoms with Crippen molar-refractivity contribution in [3.63, 3.8) is 0 Å². The molecule has 0 saturated carbocycles. The van der Waals surface area contributed by atoms with Gasteiger partial charge in [0.25, 0.3) is 0 Å². The van der Waals surface area contributed by atoms with E-state index in [2.05, 4.69) is 187 Å². The van der Waals surface area contributed by atoms with Crippen LogP contribution in [0.4, 0.5) is 17.1 Å². The molecule has 2 heterocycles. The Morgan fingerprint density at radius 3 is 1.71 bits per heavy atom. The Balaban J connectivity index is 1.09. The number of hydrogen-bond acceptors (Lipinski definition) is 3. The first-order valence-electron chi connectivity index (χ1n) is 17.3. The highest BCUT2D eigenvalue weighted by atomic mass is 32.1. The fraction of sp³-hybridized carbons (Fsp3) is 0. The van der Waals surface area contributed by atoms with Gasteiger partial charge in [0.2, 0.25) is 0 Å². The van der Waals surface area contributed by atoms with Crippen LogP contribution >= 0.6 is 11.3 Å². The maximum Gasteiger partial charge on any atom is 0.137 e. The van der Waals surface area contributed by atoms with E-state index >= 15 is 0 Å². The zero-order chi connectivity index (χ0) is 33.7. The van der Waals surface area contributed by atoms with E-state index < -0.39 is 0 Å². The molecule has 0 fully saturated rings. The fourth-order valence-corrected chi connectivity index (χ4v) is 8.71. The third-order valence-electron chi connectivity index (χ3n) is 9.91. The summed E-state index contributed by atoms with van der Waals surface area (Å²) in [4.78, 5) is 2.41. The molecule has 0 bridgehead atoms. The second kappa shape index (κ2) is 12.2. The van der Waals surface area contributed by atoms with E-state index in [-0.39, 0.29) is 0 Å². The average molecular weight is 670 g/mol. The minimum atomic E-state index is 0.882. The zero-order valence-electron chi connectivity index (χ0n) is 27.7. The maximum atomic E-state index is 6.38. The molecule has 0 saturated heterocycles. The molecule has 0 radical (unpaired) electrons. The Kier molecular flexibility index (Phi) is 7.04. The molecule has 0 atom stereocenters. The summed E-state index contributed by atoms with van der Waals surface area (Å²) < 4.78 is 8.93. The molecule has 3 heteroatoms. The van der Waals surface area contributed by atoms with Crippen molar-refractivity contribution in [3.05, 3.63) is 188 Å². The SMILES string of the molecule is c1ccc(-c2ccccc2-c2ccc(-c3ccc(N(c4cccc5c4sc4ccccc45)c4cccc5oc6ccccc6c45)cc3)cc2)cc1. The first-order chi connectivity index (χ1) is 25.3. The molecule has 0 aliphatic heterocycles. The van der Waals surface area contributed by atoms with Gasteiger partial charge in [-0.2, -0.15) is 0 Å². The van der Waals surface area contributed by atoms with E-state index in [1.165, 1.54) is 53.6 Å². The third kappa shape index (κ3) is 5.01. The van der Waals surface area contributed by atoms with Crippen LogP contribution in [0.1, 0.15) is 0 Å². The summed E-state index contributed by atoms with van der Waals surface area (Å²) >= 11 is 1.85. The van der Waals surface area contributed by atoms with Crippen molar-refractivity contribution in [2.24, 2.45) is 0 Å². The Bertz CT molecular complexity index is 2850. The fourth-order valence-electron chi connectivity index (χ4n) is 7.51. The summed E-state index contributed by atoms with van der Waals surface area (Å²) in [6.07, 6.45) is 0. The smallest absolute Gasteiger partial charge is 0.137 e. The van der Waals surface area contributed by atoms with Crippen LogP contribution in [0.3, 0.4) is 0 Å². The summed E-state index contributed by atoms with van der Waals surface area (Å²) in [7, 11) is 0. The summed E-state index contributed by atoms with van der Waals surface area (Å²) in [6, 6.07) is 67.3. The minimum absolute atomic E-state index is 0.882. The van der Waals surface area contributed by atoms with E-state index in [0.717, 1.165) is 39.0 Å². The second-order valence-corrected chi connectivity index (χ2v) is 13.9. The van der Waals surface area contributed by atoms with Gasteiger partial charge in [-0.3, -0.25) is 0 Å². The van der Waals surface area contributed by atoms with Gasteiger partial charge < -0.3 is 9.32 Å². The van der Waals surface area contributed by atoms with E-state index in [0.29, 0.717) is 0 Å². The van der Waals surface area contributed by atoms with E-state index in [9.17, 15) is 0 Å². The number of nitrogens with zero attached hydrogens (tertiary/aromatic N) is 1. The molecule has 0 aliphatic carbocycles. The van der Waals surface area contributed by atoms with Gasteiger partial charge in [-0.1, -0.05) is 146 Å². The predicted molar refractivity (Wildman–Crippen MR) is 218 cm³/mol. The minimum Gasteiger partial charge on any atom is -0.456 e. The molecule has 0 unspecified atom stereocenters. The average Bonchev–Trinajstić information content (AvgIpc) is 3.78. The quantitative estimate of drug-likeness (QED) is 0.175. The lowest BCUT2D eigenvalue weighted by Gasteiger charge is -2.27. The molecule has 0 spiro atoms. The molecular weight excluding hydrogens is 639 g/mol. The first kappa shape index (κ1) is 29.5. The summed E-state index contributed by atoms with van der Waals surface area (Å²) in [6.45, 7) is 0. The molecule has 2 aromatic heterocycles. The van der Waals surface area contributed by atoms with Gasteiger partial charge in [-0.25, -0.2) is 0 Å². The second-order valence-electron chi connectivity index (χ2n) is 12.9. The van der Waals surface area contributed by atoms with Crippen molar-refractivity contribution in [2.75, 3.05) is 4.90 Å². The van der Waals surface area contributed by atoms with Gasteiger partial charge in [-0.05, 0) is 75.8 Å². The molecule has 0 N–H and O–H groups in total. The van der Waals surface area contributed by atoms with Crippen molar-refractivity contribution >= 4 is 70.5 Å². The van der Waals surface area contributed by atoms with Crippen LogP contribution in [0, 0.1) is 0 Å². The Morgan fingerprint density at radius 1 is 0.373 bits per heavy atom. The number of hydrogen-bond donors (Lipinski definition) is 0. The zero-order valence-corrected chi connectivity index (χ0v) is 28.5. The van der Waals surface area contributed by atoms with Crippen LogP contribution in [0.5, 0.6) is 0 Å². The van der Waals surface area contributed by atoms with Gasteiger partial charge in [0.15, 0.2) is 0 Å². The standard InChI is InChI=1S/C48H31NOS/c1-2-12-34(13-3-1)37-14-4-5-15-38(37)35-26-24-32(25-27-35)33-28-30-36(31-29-33)49(42-19-11-22-45-47(42)41-17-6-8-21-44(41)50-45)43-20-10-18-40-39-16-7-9-23-46(39)51-48(40)43/h1-31H. The number of para-hydroxylation sites is 1. The molecular formula is C48H31NOS. The van der Waals surface area contributed by atoms with Crippen molar-refractivity contribution in [2.45, 2.75) is 0 Å². The van der Waals surface area contributed by atoms with Crippen molar-refractivity contribution in [1.29, 1.82) is 0 Å². The van der Waals surface area contributed by atoms with Crippen molar-refractivity contribution in [1.82, 2.24) is 0 Å². The Hall–Kier alpha value is -6.42. The van der Waals surface area contributed by atoms with Gasteiger partial charge in [0.05, 0.1) is 21.5 Å². The van der Waals surface area contributed by atoms with E-state index in [1.54, 1.807) is 0 Å². The normalized spacial score (nSPS) is 11.5. The number of furan rings is 1. The monoisotopic (exact) mass is 669 g/mol. The van der Waals surface area contributed by atoms with Crippen LogP contribution in [0.25, 0.3) is 75.5 Å². The Morgan fingerprint density at radius 2 is 0.922 bits per heavy atom. The van der Waals surface area contributed by atoms with Crippen LogP contribution in [0.15, 0.2) is 192 Å². The highest BCUT2D eigenvalue weighted by Gasteiger charge is 2.22. The van der Waals surface area contributed by atoms with E-state index in [4.69, 9.17) is 4.42 Å². The van der Waals surface area contributed by atoms with Gasteiger partial charge in [-0.15, -0.1) is 11.3 Å². The van der Waals surface area contributed by atoms with Crippen LogP contribution in [-0.2, 0) is 0 Å². The topological polar surface area (TPSA) is 16.4 Å². The largest absolute Gasteiger partial charge is 0.456 e. The number of thiophene rings is 1. The van der Waals surface area contributed by atoms with Crippen molar-refractivity contribution < 1.29 is 4.42 Å². The first-order valence-corrected chi connectivity index (χ1v) is 18.1. The molecule has 2 nitrogen and oxygen atoms in total. The number of benzene rings is 8. The van der Waals surface area contributed by atoms with Gasteiger partial charge >= 0.3 is 0 Å². The molecule has 0 aliphatic rings. The molecule has 8 aromatic carbocycles. The summed E-state index contributed by atoms with van der Waals surface area (Å²) in [5.41, 5.74) is 12.4. The van der Waals surface area contributed by atoms with Crippen LogP contribution < -0.4 is 4.90 Å². The predicted octanol–water partition coefficient (Wildman–Crippen LogP) is 14.4. The summed E-state index contributed by atoms with van der Waals surface area (Å²) in [5.74, 6) is 0. The third-order valence-corrected chi connectivity index (χ3v) is 11.1. The van der Waals surface area contributed by atoms with Crippen molar-refractivity contribution in [3.8, 4) is 33.4 Å². The number of fused-ring (bicyclic) bond motifs is 6. The molecule has 0 amide bonds. The lowest BCUT2D eigenvalue weighted by Crippen LogP contribution is -2.10. The molecule has 10 aromatic rings. The maximum absolute atomic E-state index is 6.38. The molecule has 51 heavy (non-hydrogen) atoms. The lowest BCUT2D eigenvalue weighted by atomic mass is 9.93. The number of anilines is 3. The van der Waals surface area contributed by atoms with Crippen LogP contribution in [-0.4, -0.2) is 0 Å². The Labute approximate surface area is 300 Å². The van der Waals surface area contributed by atoms with Gasteiger partial charge in [0.1, 0.15) is 11.2 Å². The number of rotatable bonds is 6. The highest BCUT2D eigenvalue weighted by Crippen LogP contribution is 2.48. The van der Waals surface area contributed by atoms with Gasteiger partial charge in [0, 0.05) is 26.5 Å². The molecule has 240 valence electrons.